The molecule has 0 bridgehead atoms. The van der Waals surface area contributed by atoms with Crippen LogP contribution in [-0.2, 0) is 4.74 Å². The van der Waals surface area contributed by atoms with Gasteiger partial charge in [0.2, 0.25) is 0 Å². The molecule has 0 atom stereocenters. The van der Waals surface area contributed by atoms with Crippen LogP contribution >= 0.6 is 0 Å². The molecule has 0 aromatic heterocycles. The van der Waals surface area contributed by atoms with Crippen molar-refractivity contribution in [1.29, 1.82) is 0 Å². The Morgan fingerprint density at radius 2 is 1.94 bits per heavy atom. The van der Waals surface area contributed by atoms with E-state index in [0.717, 1.165) is 19.3 Å². The summed E-state index contributed by atoms with van der Waals surface area (Å²) < 4.78 is 5.21. The summed E-state index contributed by atoms with van der Waals surface area (Å²) in [7, 11) is 0. The minimum atomic E-state index is -0.468. The van der Waals surface area contributed by atoms with Crippen LogP contribution in [0.3, 0.4) is 0 Å². The van der Waals surface area contributed by atoms with Crippen molar-refractivity contribution < 1.29 is 9.53 Å². The summed E-state index contributed by atoms with van der Waals surface area (Å²) in [5, 5.41) is 0. The van der Waals surface area contributed by atoms with E-state index in [2.05, 4.69) is 17.4 Å². The molecule has 4 heteroatoms. The Bertz CT molecular complexity index is 289. The number of hydrazine groups is 1. The van der Waals surface area contributed by atoms with Gasteiger partial charge in [0.1, 0.15) is 5.60 Å². The highest BCUT2D eigenvalue weighted by Crippen LogP contribution is 2.30. The molecule has 0 radical (unpaired) electrons. The van der Waals surface area contributed by atoms with Crippen LogP contribution in [0.1, 0.15) is 59.3 Å². The fourth-order valence-electron chi connectivity index (χ4n) is 2.37. The highest BCUT2D eigenvalue weighted by atomic mass is 16.6. The van der Waals surface area contributed by atoms with E-state index in [9.17, 15) is 4.79 Å². The molecule has 2 N–H and O–H groups in total. The number of hydrogen-bond donors (Lipinski definition) is 2. The second kappa shape index (κ2) is 6.23. The first kappa shape index (κ1) is 15.0. The molecular weight excluding hydrogens is 228 g/mol. The fourth-order valence-corrected chi connectivity index (χ4v) is 2.37. The standard InChI is InChI=1S/C14H26N2O2/c1-5-9-14(10-7-6-8-11-14)16-15-12(17)18-13(2,3)4/h5,16H,1,6-11H2,2-4H3,(H,15,17). The molecule has 104 valence electrons. The third-order valence-electron chi connectivity index (χ3n) is 3.17. The van der Waals surface area contributed by atoms with Crippen LogP contribution in [0.25, 0.3) is 0 Å². The maximum absolute atomic E-state index is 11.6. The normalized spacial score (nSPS) is 19.1. The van der Waals surface area contributed by atoms with Gasteiger partial charge in [-0.1, -0.05) is 25.3 Å². The third kappa shape index (κ3) is 5.08. The summed E-state index contributed by atoms with van der Waals surface area (Å²) in [5.41, 5.74) is 5.33. The quantitative estimate of drug-likeness (QED) is 0.598. The molecule has 1 aliphatic carbocycles. The lowest BCUT2D eigenvalue weighted by Gasteiger charge is -2.37. The highest BCUT2D eigenvalue weighted by molar-refractivity contribution is 5.67. The van der Waals surface area contributed by atoms with Gasteiger partial charge in [-0.05, 0) is 40.0 Å². The second-order valence-electron chi connectivity index (χ2n) is 6.09. The molecule has 1 amide bonds. The lowest BCUT2D eigenvalue weighted by Crippen LogP contribution is -2.55. The highest BCUT2D eigenvalue weighted by Gasteiger charge is 2.31. The first-order valence-corrected chi connectivity index (χ1v) is 6.74. The molecular formula is C14H26N2O2. The molecule has 0 spiro atoms. The van der Waals surface area contributed by atoms with Gasteiger partial charge in [0.05, 0.1) is 0 Å². The summed E-state index contributed by atoms with van der Waals surface area (Å²) in [5.74, 6) is 0. The van der Waals surface area contributed by atoms with Gasteiger partial charge in [-0.25, -0.2) is 10.2 Å². The molecule has 0 saturated heterocycles. The first-order valence-electron chi connectivity index (χ1n) is 6.74. The van der Waals surface area contributed by atoms with Crippen LogP contribution in [-0.4, -0.2) is 17.2 Å². The van der Waals surface area contributed by atoms with Gasteiger partial charge in [0.25, 0.3) is 0 Å². The van der Waals surface area contributed by atoms with E-state index in [-0.39, 0.29) is 5.54 Å². The number of hydrogen-bond acceptors (Lipinski definition) is 3. The van der Waals surface area contributed by atoms with E-state index >= 15 is 0 Å². The molecule has 1 saturated carbocycles. The second-order valence-corrected chi connectivity index (χ2v) is 6.09. The summed E-state index contributed by atoms with van der Waals surface area (Å²) in [6, 6.07) is 0. The molecule has 0 heterocycles. The SMILES string of the molecule is C=CCC1(NNC(=O)OC(C)(C)C)CCCCC1. The van der Waals surface area contributed by atoms with E-state index in [0.29, 0.717) is 0 Å². The molecule has 0 aromatic carbocycles. The van der Waals surface area contributed by atoms with Crippen molar-refractivity contribution in [3.05, 3.63) is 12.7 Å². The number of nitrogens with one attached hydrogen (secondary N) is 2. The molecule has 1 rings (SSSR count). The predicted molar refractivity (Wildman–Crippen MR) is 73.1 cm³/mol. The lowest BCUT2D eigenvalue weighted by molar-refractivity contribution is 0.0446. The van der Waals surface area contributed by atoms with Crippen molar-refractivity contribution in [2.24, 2.45) is 0 Å². The van der Waals surface area contributed by atoms with E-state index in [1.807, 2.05) is 26.8 Å². The monoisotopic (exact) mass is 254 g/mol. The topological polar surface area (TPSA) is 50.4 Å². The maximum atomic E-state index is 11.6. The van der Waals surface area contributed by atoms with Crippen molar-refractivity contribution in [3.63, 3.8) is 0 Å². The van der Waals surface area contributed by atoms with Gasteiger partial charge in [-0.2, -0.15) is 0 Å². The van der Waals surface area contributed by atoms with Gasteiger partial charge in [-0.3, -0.25) is 5.43 Å². The van der Waals surface area contributed by atoms with Gasteiger partial charge in [-0.15, -0.1) is 6.58 Å². The smallest absolute Gasteiger partial charge is 0.422 e. The minimum absolute atomic E-state index is 0.0447. The van der Waals surface area contributed by atoms with Crippen LogP contribution in [0.4, 0.5) is 4.79 Å². The number of ether oxygens (including phenoxy) is 1. The Morgan fingerprint density at radius 1 is 1.33 bits per heavy atom. The summed E-state index contributed by atoms with van der Waals surface area (Å²) in [4.78, 5) is 11.6. The number of amides is 1. The average molecular weight is 254 g/mol. The van der Waals surface area contributed by atoms with Crippen LogP contribution in [0.2, 0.25) is 0 Å². The zero-order valence-corrected chi connectivity index (χ0v) is 11.8. The zero-order valence-electron chi connectivity index (χ0n) is 11.8. The van der Waals surface area contributed by atoms with Gasteiger partial charge in [0, 0.05) is 5.54 Å². The Kier molecular flexibility index (Phi) is 5.20. The van der Waals surface area contributed by atoms with Gasteiger partial charge < -0.3 is 4.74 Å². The number of rotatable bonds is 4. The Morgan fingerprint density at radius 3 is 2.44 bits per heavy atom. The van der Waals surface area contributed by atoms with Crippen LogP contribution in [0, 0.1) is 0 Å². The number of carbonyl (C=O) groups excluding carboxylic acids is 1. The van der Waals surface area contributed by atoms with Crippen molar-refractivity contribution in [2.75, 3.05) is 0 Å². The zero-order chi connectivity index (χ0) is 13.6. The molecule has 0 aliphatic heterocycles. The molecule has 18 heavy (non-hydrogen) atoms. The Balaban J connectivity index is 2.47. The molecule has 0 unspecified atom stereocenters. The van der Waals surface area contributed by atoms with Crippen LogP contribution in [0.15, 0.2) is 12.7 Å². The Hall–Kier alpha value is -1.03. The van der Waals surface area contributed by atoms with Crippen molar-refractivity contribution in [3.8, 4) is 0 Å². The summed E-state index contributed by atoms with van der Waals surface area (Å²) in [6.45, 7) is 9.36. The summed E-state index contributed by atoms with van der Waals surface area (Å²) in [6.07, 6.45) is 8.14. The molecule has 0 aromatic rings. The first-order chi connectivity index (χ1) is 8.37. The van der Waals surface area contributed by atoms with Crippen molar-refractivity contribution in [1.82, 2.24) is 10.9 Å². The predicted octanol–water partition coefficient (Wildman–Crippen LogP) is 3.29. The van der Waals surface area contributed by atoms with E-state index < -0.39 is 11.7 Å². The largest absolute Gasteiger partial charge is 0.443 e. The Labute approximate surface area is 110 Å². The average Bonchev–Trinajstić information content (AvgIpc) is 2.26. The molecule has 4 nitrogen and oxygen atoms in total. The minimum Gasteiger partial charge on any atom is -0.443 e. The molecule has 1 fully saturated rings. The van der Waals surface area contributed by atoms with E-state index in [1.54, 1.807) is 0 Å². The van der Waals surface area contributed by atoms with Gasteiger partial charge >= 0.3 is 6.09 Å². The lowest BCUT2D eigenvalue weighted by atomic mass is 9.80. The van der Waals surface area contributed by atoms with Gasteiger partial charge in [0.15, 0.2) is 0 Å². The van der Waals surface area contributed by atoms with Crippen molar-refractivity contribution in [2.45, 2.75) is 70.4 Å². The maximum Gasteiger partial charge on any atom is 0.422 e. The van der Waals surface area contributed by atoms with Crippen molar-refractivity contribution >= 4 is 6.09 Å². The number of carbonyl (C=O) groups is 1. The third-order valence-corrected chi connectivity index (χ3v) is 3.17. The fraction of sp³-hybridized carbons (Fsp3) is 0.786. The van der Waals surface area contributed by atoms with Crippen LogP contribution in [0.5, 0.6) is 0 Å². The van der Waals surface area contributed by atoms with E-state index in [1.165, 1.54) is 19.3 Å². The molecule has 1 aliphatic rings. The summed E-state index contributed by atoms with van der Waals surface area (Å²) >= 11 is 0. The van der Waals surface area contributed by atoms with E-state index in [4.69, 9.17) is 4.74 Å². The van der Waals surface area contributed by atoms with Crippen LogP contribution < -0.4 is 10.9 Å².